The summed E-state index contributed by atoms with van der Waals surface area (Å²) in [6.07, 6.45) is 5.93. The first-order chi connectivity index (χ1) is 11.5. The van der Waals surface area contributed by atoms with Crippen molar-refractivity contribution in [3.05, 3.63) is 23.9 Å². The van der Waals surface area contributed by atoms with Crippen LogP contribution in [0.5, 0.6) is 5.75 Å². The van der Waals surface area contributed by atoms with Crippen LogP contribution in [0.1, 0.15) is 31.2 Å². The number of ether oxygens (including phenoxy) is 1. The lowest BCUT2D eigenvalue weighted by Gasteiger charge is -2.30. The number of nitrogens with one attached hydrogen (secondary N) is 2. The summed E-state index contributed by atoms with van der Waals surface area (Å²) in [6, 6.07) is 4.30. The lowest BCUT2D eigenvalue weighted by atomic mass is 9.92. The van der Waals surface area contributed by atoms with E-state index in [4.69, 9.17) is 4.74 Å². The minimum absolute atomic E-state index is 0.102. The normalized spacial score (nSPS) is 21.2. The molecule has 2 N–H and O–H groups in total. The maximum absolute atomic E-state index is 11.8. The van der Waals surface area contributed by atoms with E-state index < -0.39 is 0 Å². The third kappa shape index (κ3) is 3.87. The zero-order chi connectivity index (χ0) is 17.1. The van der Waals surface area contributed by atoms with Crippen LogP contribution in [0, 0.1) is 6.92 Å². The quantitative estimate of drug-likeness (QED) is 0.882. The summed E-state index contributed by atoms with van der Waals surface area (Å²) in [5, 5.41) is 11.3. The van der Waals surface area contributed by atoms with Crippen molar-refractivity contribution in [1.82, 2.24) is 20.4 Å². The van der Waals surface area contributed by atoms with Gasteiger partial charge in [0.25, 0.3) is 0 Å². The van der Waals surface area contributed by atoms with E-state index in [9.17, 15) is 4.79 Å². The van der Waals surface area contributed by atoms with E-state index >= 15 is 0 Å². The van der Waals surface area contributed by atoms with Gasteiger partial charge in [-0.15, -0.1) is 0 Å². The predicted molar refractivity (Wildman–Crippen MR) is 94.2 cm³/mol. The molecule has 1 aromatic heterocycles. The van der Waals surface area contributed by atoms with Crippen LogP contribution >= 0.6 is 0 Å². The molecule has 1 aliphatic rings. The number of hydrogen-bond donors (Lipinski definition) is 2. The van der Waals surface area contributed by atoms with Crippen LogP contribution in [-0.4, -0.2) is 53.8 Å². The smallest absolute Gasteiger partial charge is 0.234 e. The van der Waals surface area contributed by atoms with Crippen LogP contribution in [0.15, 0.2) is 18.3 Å². The number of carbonyl (C=O) groups excluding carboxylic acids is 1. The molecule has 6 heteroatoms. The number of amides is 1. The molecule has 0 radical (unpaired) electrons. The van der Waals surface area contributed by atoms with Crippen molar-refractivity contribution in [3.8, 4) is 5.75 Å². The number of likely N-dealkylation sites (N-methyl/N-ethyl adjacent to an activating group) is 1. The van der Waals surface area contributed by atoms with Crippen molar-refractivity contribution in [1.29, 1.82) is 0 Å². The average Bonchev–Trinajstić information content (AvgIpc) is 3.00. The first kappa shape index (κ1) is 16.8. The van der Waals surface area contributed by atoms with E-state index in [0.29, 0.717) is 6.54 Å². The molecule has 0 spiro atoms. The van der Waals surface area contributed by atoms with Gasteiger partial charge in [-0.25, -0.2) is 0 Å². The predicted octanol–water partition coefficient (Wildman–Crippen LogP) is 2.24. The van der Waals surface area contributed by atoms with E-state index in [1.54, 1.807) is 0 Å². The Morgan fingerprint density at radius 3 is 2.79 bits per heavy atom. The van der Waals surface area contributed by atoms with E-state index in [1.165, 1.54) is 0 Å². The van der Waals surface area contributed by atoms with E-state index in [1.807, 2.05) is 37.3 Å². The molecule has 2 aromatic rings. The molecule has 1 fully saturated rings. The largest absolute Gasteiger partial charge is 0.490 e. The molecule has 0 unspecified atom stereocenters. The first-order valence-electron chi connectivity index (χ1n) is 8.56. The van der Waals surface area contributed by atoms with Crippen LogP contribution in [0.2, 0.25) is 0 Å². The van der Waals surface area contributed by atoms with Gasteiger partial charge in [-0.3, -0.25) is 9.89 Å². The maximum atomic E-state index is 11.8. The van der Waals surface area contributed by atoms with Gasteiger partial charge in [0.2, 0.25) is 5.91 Å². The maximum Gasteiger partial charge on any atom is 0.234 e. The molecule has 1 heterocycles. The van der Waals surface area contributed by atoms with Crippen LogP contribution in [0.3, 0.4) is 0 Å². The number of aromatic nitrogens is 2. The molecule has 24 heavy (non-hydrogen) atoms. The second kappa shape index (κ2) is 7.21. The molecule has 6 nitrogen and oxygen atoms in total. The van der Waals surface area contributed by atoms with Gasteiger partial charge < -0.3 is 15.0 Å². The minimum Gasteiger partial charge on any atom is -0.490 e. The van der Waals surface area contributed by atoms with Crippen molar-refractivity contribution in [2.45, 2.75) is 44.8 Å². The monoisotopic (exact) mass is 330 g/mol. The number of rotatable bonds is 5. The Balaban J connectivity index is 1.53. The standard InChI is InChI=1S/C18H26N4O2/c1-12-15-10-19-21-16(15)8-9-17(12)24-14-6-4-13(5-7-14)20-18(23)11-22(2)3/h8-10,13-14H,4-7,11H2,1-3H3,(H,19,21)(H,20,23)/t13-,14-. The molecule has 0 aliphatic heterocycles. The number of H-pyrrole nitrogens is 1. The molecular formula is C18H26N4O2. The van der Waals surface area contributed by atoms with Gasteiger partial charge in [-0.05, 0) is 58.8 Å². The van der Waals surface area contributed by atoms with Gasteiger partial charge in [0.05, 0.1) is 24.4 Å². The molecule has 0 bridgehead atoms. The van der Waals surface area contributed by atoms with Crippen molar-refractivity contribution in [2.24, 2.45) is 0 Å². The van der Waals surface area contributed by atoms with Crippen molar-refractivity contribution < 1.29 is 9.53 Å². The summed E-state index contributed by atoms with van der Waals surface area (Å²) < 4.78 is 6.22. The molecular weight excluding hydrogens is 304 g/mol. The Hall–Kier alpha value is -2.08. The topological polar surface area (TPSA) is 70.2 Å². The second-order valence-electron chi connectivity index (χ2n) is 6.92. The van der Waals surface area contributed by atoms with E-state index in [0.717, 1.165) is 47.9 Å². The number of aryl methyl sites for hydroxylation is 1. The zero-order valence-corrected chi connectivity index (χ0v) is 14.6. The Bertz CT molecular complexity index is 702. The highest BCUT2D eigenvalue weighted by Gasteiger charge is 2.24. The van der Waals surface area contributed by atoms with Crippen LogP contribution in [0.4, 0.5) is 0 Å². The number of carbonyl (C=O) groups is 1. The Kier molecular flexibility index (Phi) is 5.04. The summed E-state index contributed by atoms with van der Waals surface area (Å²) in [7, 11) is 3.81. The number of nitrogens with zero attached hydrogens (tertiary/aromatic N) is 2. The highest BCUT2D eigenvalue weighted by Crippen LogP contribution is 2.29. The fourth-order valence-corrected chi connectivity index (χ4v) is 3.33. The summed E-state index contributed by atoms with van der Waals surface area (Å²) in [4.78, 5) is 13.7. The molecule has 1 saturated carbocycles. The zero-order valence-electron chi connectivity index (χ0n) is 14.6. The molecule has 3 rings (SSSR count). The molecule has 0 atom stereocenters. The number of fused-ring (bicyclic) bond motifs is 1. The van der Waals surface area contributed by atoms with Crippen molar-refractivity contribution in [2.75, 3.05) is 20.6 Å². The highest BCUT2D eigenvalue weighted by atomic mass is 16.5. The third-order valence-corrected chi connectivity index (χ3v) is 4.64. The number of aromatic amines is 1. The fraction of sp³-hybridized carbons (Fsp3) is 0.556. The average molecular weight is 330 g/mol. The van der Waals surface area contributed by atoms with Crippen LogP contribution in [-0.2, 0) is 4.79 Å². The summed E-state index contributed by atoms with van der Waals surface area (Å²) >= 11 is 0. The Morgan fingerprint density at radius 1 is 1.33 bits per heavy atom. The van der Waals surface area contributed by atoms with Gasteiger partial charge in [-0.1, -0.05) is 0 Å². The van der Waals surface area contributed by atoms with E-state index in [-0.39, 0.29) is 18.1 Å². The third-order valence-electron chi connectivity index (χ3n) is 4.64. The summed E-state index contributed by atoms with van der Waals surface area (Å²) in [5.41, 5.74) is 2.16. The van der Waals surface area contributed by atoms with Crippen molar-refractivity contribution in [3.63, 3.8) is 0 Å². The lowest BCUT2D eigenvalue weighted by Crippen LogP contribution is -2.43. The number of benzene rings is 1. The number of hydrogen-bond acceptors (Lipinski definition) is 4. The molecule has 1 aliphatic carbocycles. The molecule has 1 amide bonds. The van der Waals surface area contributed by atoms with Gasteiger partial charge in [0.15, 0.2) is 0 Å². The SMILES string of the molecule is Cc1c(O[C@H]2CC[C@H](NC(=O)CN(C)C)CC2)ccc2[nH]ncc12. The van der Waals surface area contributed by atoms with Crippen LogP contribution < -0.4 is 10.1 Å². The summed E-state index contributed by atoms with van der Waals surface area (Å²) in [6.45, 7) is 2.51. The molecule has 0 saturated heterocycles. The first-order valence-corrected chi connectivity index (χ1v) is 8.56. The van der Waals surface area contributed by atoms with Gasteiger partial charge in [0.1, 0.15) is 5.75 Å². The Labute approximate surface area is 142 Å². The minimum atomic E-state index is 0.102. The molecule has 1 aromatic carbocycles. The van der Waals surface area contributed by atoms with Gasteiger partial charge in [0, 0.05) is 17.0 Å². The van der Waals surface area contributed by atoms with Crippen molar-refractivity contribution >= 4 is 16.8 Å². The summed E-state index contributed by atoms with van der Waals surface area (Å²) in [5.74, 6) is 1.04. The molecule has 130 valence electrons. The fourth-order valence-electron chi connectivity index (χ4n) is 3.33. The second-order valence-corrected chi connectivity index (χ2v) is 6.92. The van der Waals surface area contributed by atoms with E-state index in [2.05, 4.69) is 22.4 Å². The van der Waals surface area contributed by atoms with Gasteiger partial charge >= 0.3 is 0 Å². The van der Waals surface area contributed by atoms with Gasteiger partial charge in [-0.2, -0.15) is 5.10 Å². The lowest BCUT2D eigenvalue weighted by molar-refractivity contribution is -0.122. The highest BCUT2D eigenvalue weighted by molar-refractivity contribution is 5.83. The van der Waals surface area contributed by atoms with Crippen LogP contribution in [0.25, 0.3) is 10.9 Å². The Morgan fingerprint density at radius 2 is 2.08 bits per heavy atom.